The van der Waals surface area contributed by atoms with Crippen molar-refractivity contribution < 1.29 is 19.0 Å². The van der Waals surface area contributed by atoms with E-state index < -0.39 is 6.04 Å². The molecule has 0 unspecified atom stereocenters. The fraction of sp³-hybridized carbons (Fsp3) is 0.269. The lowest BCUT2D eigenvalue weighted by atomic mass is 10.0. The van der Waals surface area contributed by atoms with Crippen LogP contribution in [0, 0.1) is 4.91 Å². The van der Waals surface area contributed by atoms with Crippen molar-refractivity contribution >= 4 is 5.91 Å². The zero-order valence-corrected chi connectivity index (χ0v) is 18.5. The van der Waals surface area contributed by atoms with Crippen LogP contribution in [0.5, 0.6) is 17.2 Å². The highest BCUT2D eigenvalue weighted by Gasteiger charge is 2.17. The predicted molar refractivity (Wildman–Crippen MR) is 126 cm³/mol. The molecule has 0 radical (unpaired) electrons. The van der Waals surface area contributed by atoms with Gasteiger partial charge in [0.2, 0.25) is 5.91 Å². The fourth-order valence-electron chi connectivity index (χ4n) is 3.83. The Morgan fingerprint density at radius 2 is 1.73 bits per heavy atom. The monoisotopic (exact) mass is 446 g/mol. The number of carbonyl (C=O) groups excluding carboxylic acids is 1. The van der Waals surface area contributed by atoms with Crippen LogP contribution in [-0.2, 0) is 17.6 Å². The highest BCUT2D eigenvalue weighted by Crippen LogP contribution is 2.31. The van der Waals surface area contributed by atoms with Crippen LogP contribution in [0.4, 0.5) is 0 Å². The van der Waals surface area contributed by atoms with Gasteiger partial charge >= 0.3 is 0 Å². The summed E-state index contributed by atoms with van der Waals surface area (Å²) >= 11 is 0. The number of benzene rings is 3. The third-order valence-electron chi connectivity index (χ3n) is 5.47. The SMILES string of the molecule is COc1cccc(-c2ccc(CC(=O)N[C@H](CN=O)Cc3ccc4c(c3)OCCO4)cc2)c1. The first-order valence-corrected chi connectivity index (χ1v) is 10.8. The second-order valence-corrected chi connectivity index (χ2v) is 7.86. The Morgan fingerprint density at radius 3 is 2.48 bits per heavy atom. The minimum Gasteiger partial charge on any atom is -0.497 e. The van der Waals surface area contributed by atoms with Crippen molar-refractivity contribution in [2.45, 2.75) is 18.9 Å². The van der Waals surface area contributed by atoms with Crippen LogP contribution in [0.3, 0.4) is 0 Å². The smallest absolute Gasteiger partial charge is 0.224 e. The molecule has 0 spiro atoms. The molecule has 1 aliphatic heterocycles. The first kappa shape index (κ1) is 22.3. The number of carbonyl (C=O) groups is 1. The molecule has 4 rings (SSSR count). The van der Waals surface area contributed by atoms with Crippen LogP contribution < -0.4 is 19.5 Å². The maximum absolute atomic E-state index is 12.6. The molecule has 3 aromatic carbocycles. The summed E-state index contributed by atoms with van der Waals surface area (Å²) in [6.07, 6.45) is 0.692. The third-order valence-corrected chi connectivity index (χ3v) is 5.47. The van der Waals surface area contributed by atoms with E-state index in [-0.39, 0.29) is 18.9 Å². The Labute approximate surface area is 192 Å². The minimum atomic E-state index is -0.395. The number of amides is 1. The van der Waals surface area contributed by atoms with Gasteiger partial charge in [0.1, 0.15) is 25.5 Å². The zero-order chi connectivity index (χ0) is 23.0. The van der Waals surface area contributed by atoms with Crippen molar-refractivity contribution in [3.8, 4) is 28.4 Å². The van der Waals surface area contributed by atoms with Gasteiger partial charge in [-0.3, -0.25) is 4.79 Å². The highest BCUT2D eigenvalue weighted by atomic mass is 16.6. The van der Waals surface area contributed by atoms with Gasteiger partial charge in [-0.1, -0.05) is 47.6 Å². The van der Waals surface area contributed by atoms with E-state index >= 15 is 0 Å². The maximum atomic E-state index is 12.6. The van der Waals surface area contributed by atoms with E-state index in [9.17, 15) is 9.70 Å². The van der Waals surface area contributed by atoms with E-state index in [1.807, 2.05) is 66.7 Å². The molecule has 7 heteroatoms. The molecular formula is C26H26N2O5. The van der Waals surface area contributed by atoms with Gasteiger partial charge in [-0.25, -0.2) is 0 Å². The normalized spacial score (nSPS) is 13.1. The maximum Gasteiger partial charge on any atom is 0.224 e. The van der Waals surface area contributed by atoms with Gasteiger partial charge < -0.3 is 19.5 Å². The van der Waals surface area contributed by atoms with Gasteiger partial charge in [0.05, 0.1) is 19.6 Å². The van der Waals surface area contributed by atoms with Crippen molar-refractivity contribution in [1.82, 2.24) is 5.32 Å². The number of fused-ring (bicyclic) bond motifs is 1. The van der Waals surface area contributed by atoms with E-state index in [1.165, 1.54) is 0 Å². The second kappa shape index (κ2) is 10.6. The standard InChI is InChI=1S/C26H26N2O5/c1-31-23-4-2-3-21(16-23)20-8-5-18(6-9-20)15-26(29)28-22(17-27-30)13-19-7-10-24-25(14-19)33-12-11-32-24/h2-10,14,16,22H,11-13,15,17H2,1H3,(H,28,29)/t22-/m0/s1. The third kappa shape index (κ3) is 5.88. The summed E-state index contributed by atoms with van der Waals surface area (Å²) in [5, 5.41) is 5.94. The summed E-state index contributed by atoms with van der Waals surface area (Å²) in [5.74, 6) is 2.02. The molecule has 7 nitrogen and oxygen atoms in total. The van der Waals surface area contributed by atoms with E-state index in [2.05, 4.69) is 10.5 Å². The van der Waals surface area contributed by atoms with Gasteiger partial charge in [-0.05, 0) is 52.9 Å². The van der Waals surface area contributed by atoms with E-state index in [0.29, 0.717) is 31.1 Å². The molecule has 1 aliphatic rings. The minimum absolute atomic E-state index is 0.00500. The Balaban J connectivity index is 1.37. The molecule has 170 valence electrons. The van der Waals surface area contributed by atoms with Gasteiger partial charge in [-0.2, -0.15) is 4.91 Å². The molecule has 0 bridgehead atoms. The van der Waals surface area contributed by atoms with Crippen LogP contribution in [0.25, 0.3) is 11.1 Å². The van der Waals surface area contributed by atoms with Gasteiger partial charge in [0, 0.05) is 0 Å². The lowest BCUT2D eigenvalue weighted by Crippen LogP contribution is -2.39. The Hall–Kier alpha value is -3.87. The van der Waals surface area contributed by atoms with E-state index in [4.69, 9.17) is 14.2 Å². The number of nitrogens with one attached hydrogen (secondary N) is 1. The average Bonchev–Trinajstić information content (AvgIpc) is 2.84. The lowest BCUT2D eigenvalue weighted by Gasteiger charge is -2.20. The van der Waals surface area contributed by atoms with Crippen molar-refractivity contribution in [3.05, 3.63) is 82.8 Å². The molecule has 33 heavy (non-hydrogen) atoms. The highest BCUT2D eigenvalue weighted by molar-refractivity contribution is 5.79. The first-order valence-electron chi connectivity index (χ1n) is 10.8. The molecule has 1 amide bonds. The second-order valence-electron chi connectivity index (χ2n) is 7.86. The molecule has 3 aromatic rings. The number of hydrogen-bond donors (Lipinski definition) is 1. The summed E-state index contributed by atoms with van der Waals surface area (Å²) < 4.78 is 16.4. The van der Waals surface area contributed by atoms with Crippen molar-refractivity contribution in [1.29, 1.82) is 0 Å². The molecular weight excluding hydrogens is 420 g/mol. The summed E-state index contributed by atoms with van der Waals surface area (Å²) in [7, 11) is 1.64. The molecule has 0 saturated carbocycles. The van der Waals surface area contributed by atoms with Gasteiger partial charge in [0.25, 0.3) is 0 Å². The van der Waals surface area contributed by atoms with Crippen LogP contribution in [0.2, 0.25) is 0 Å². The molecule has 1 heterocycles. The average molecular weight is 447 g/mol. The molecule has 0 aliphatic carbocycles. The Kier molecular flexibility index (Phi) is 7.19. The number of methoxy groups -OCH3 is 1. The summed E-state index contributed by atoms with van der Waals surface area (Å²) in [5.41, 5.74) is 3.91. The van der Waals surface area contributed by atoms with Crippen LogP contribution >= 0.6 is 0 Å². The van der Waals surface area contributed by atoms with Gasteiger partial charge in [-0.15, -0.1) is 0 Å². The van der Waals surface area contributed by atoms with Crippen molar-refractivity contribution in [2.75, 3.05) is 26.9 Å². The molecule has 0 saturated heterocycles. The number of nitrogens with zero attached hydrogens (tertiary/aromatic N) is 1. The number of nitroso groups, excluding NO2 is 1. The first-order chi connectivity index (χ1) is 16.1. The molecule has 0 fully saturated rings. The fourth-order valence-corrected chi connectivity index (χ4v) is 3.83. The Morgan fingerprint density at radius 1 is 0.970 bits per heavy atom. The lowest BCUT2D eigenvalue weighted by molar-refractivity contribution is -0.121. The summed E-state index contributed by atoms with van der Waals surface area (Å²) in [4.78, 5) is 23.6. The molecule has 1 N–H and O–H groups in total. The van der Waals surface area contributed by atoms with E-state index in [0.717, 1.165) is 28.0 Å². The predicted octanol–water partition coefficient (Wildman–Crippen LogP) is 4.17. The van der Waals surface area contributed by atoms with Crippen LogP contribution in [0.1, 0.15) is 11.1 Å². The van der Waals surface area contributed by atoms with E-state index in [1.54, 1.807) is 7.11 Å². The number of ether oxygens (including phenoxy) is 3. The molecule has 0 aromatic heterocycles. The largest absolute Gasteiger partial charge is 0.497 e. The topological polar surface area (TPSA) is 86.2 Å². The van der Waals surface area contributed by atoms with Crippen molar-refractivity contribution in [2.24, 2.45) is 5.18 Å². The molecule has 1 atom stereocenters. The van der Waals surface area contributed by atoms with Crippen LogP contribution in [0.15, 0.2) is 71.9 Å². The summed E-state index contributed by atoms with van der Waals surface area (Å²) in [6, 6.07) is 20.9. The van der Waals surface area contributed by atoms with Gasteiger partial charge in [0.15, 0.2) is 11.5 Å². The zero-order valence-electron chi connectivity index (χ0n) is 18.5. The van der Waals surface area contributed by atoms with Crippen LogP contribution in [-0.4, -0.2) is 38.8 Å². The van der Waals surface area contributed by atoms with Crippen molar-refractivity contribution in [3.63, 3.8) is 0 Å². The Bertz CT molecular complexity index is 1110. The number of hydrogen-bond acceptors (Lipinski definition) is 6. The number of rotatable bonds is 9. The summed E-state index contributed by atoms with van der Waals surface area (Å²) in [6.45, 7) is 1.03. The quantitative estimate of drug-likeness (QED) is 0.499.